The Bertz CT molecular complexity index is 1010. The molecule has 0 aromatic heterocycles. The number of halogens is 1. The summed E-state index contributed by atoms with van der Waals surface area (Å²) < 4.78 is 24.4. The van der Waals surface area contributed by atoms with Crippen molar-refractivity contribution in [3.8, 4) is 17.6 Å². The summed E-state index contributed by atoms with van der Waals surface area (Å²) in [6.45, 7) is -0.0176. The van der Waals surface area contributed by atoms with E-state index >= 15 is 0 Å². The third-order valence-electron chi connectivity index (χ3n) is 3.77. The zero-order valence-corrected chi connectivity index (χ0v) is 14.9. The maximum Gasteiger partial charge on any atom is 0.262 e. The van der Waals surface area contributed by atoms with Gasteiger partial charge < -0.3 is 14.8 Å². The molecule has 0 saturated heterocycles. The number of nitriles is 1. The van der Waals surface area contributed by atoms with E-state index in [0.29, 0.717) is 23.6 Å². The second-order valence-corrected chi connectivity index (χ2v) is 5.90. The van der Waals surface area contributed by atoms with Gasteiger partial charge in [0.2, 0.25) is 0 Å². The molecule has 0 aliphatic heterocycles. The van der Waals surface area contributed by atoms with E-state index in [1.165, 1.54) is 12.1 Å². The van der Waals surface area contributed by atoms with E-state index in [9.17, 15) is 9.18 Å². The quantitative estimate of drug-likeness (QED) is 0.668. The normalized spacial score (nSPS) is 10.0. The van der Waals surface area contributed by atoms with Crippen LogP contribution in [0.1, 0.15) is 11.1 Å². The zero-order valence-electron chi connectivity index (χ0n) is 14.9. The molecule has 0 spiro atoms. The number of rotatable bonds is 7. The molecule has 1 N–H and O–H groups in total. The van der Waals surface area contributed by atoms with Gasteiger partial charge in [-0.15, -0.1) is 0 Å². The molecule has 3 aromatic carbocycles. The van der Waals surface area contributed by atoms with Gasteiger partial charge >= 0.3 is 0 Å². The SMILES string of the molecule is N#Cc1cccc(COc2cccc(NC(=O)COc3ccccc3F)c2)c1. The lowest BCUT2D eigenvalue weighted by Crippen LogP contribution is -2.20. The van der Waals surface area contributed by atoms with Crippen LogP contribution in [-0.2, 0) is 11.4 Å². The van der Waals surface area contributed by atoms with Crippen molar-refractivity contribution in [1.29, 1.82) is 5.26 Å². The van der Waals surface area contributed by atoms with Crippen LogP contribution in [0, 0.1) is 17.1 Å². The van der Waals surface area contributed by atoms with Crippen LogP contribution in [0.2, 0.25) is 0 Å². The highest BCUT2D eigenvalue weighted by Gasteiger charge is 2.07. The molecule has 0 heterocycles. The van der Waals surface area contributed by atoms with Crippen molar-refractivity contribution in [2.75, 3.05) is 11.9 Å². The van der Waals surface area contributed by atoms with Crippen LogP contribution < -0.4 is 14.8 Å². The van der Waals surface area contributed by atoms with E-state index in [4.69, 9.17) is 14.7 Å². The first kappa shape index (κ1) is 18.9. The van der Waals surface area contributed by atoms with Gasteiger partial charge in [0, 0.05) is 11.8 Å². The minimum absolute atomic E-state index is 0.0225. The highest BCUT2D eigenvalue weighted by molar-refractivity contribution is 5.92. The Morgan fingerprint density at radius 2 is 1.82 bits per heavy atom. The monoisotopic (exact) mass is 376 g/mol. The van der Waals surface area contributed by atoms with E-state index < -0.39 is 11.7 Å². The first-order chi connectivity index (χ1) is 13.6. The van der Waals surface area contributed by atoms with Crippen molar-refractivity contribution in [2.24, 2.45) is 0 Å². The molecule has 140 valence electrons. The minimum Gasteiger partial charge on any atom is -0.489 e. The van der Waals surface area contributed by atoms with Gasteiger partial charge in [-0.2, -0.15) is 5.26 Å². The Labute approximate surface area is 162 Å². The van der Waals surface area contributed by atoms with Crippen molar-refractivity contribution in [2.45, 2.75) is 6.61 Å². The number of nitrogens with zero attached hydrogens (tertiary/aromatic N) is 1. The first-order valence-electron chi connectivity index (χ1n) is 8.53. The number of carbonyl (C=O) groups is 1. The highest BCUT2D eigenvalue weighted by Crippen LogP contribution is 2.19. The van der Waals surface area contributed by atoms with Crippen LogP contribution in [0.5, 0.6) is 11.5 Å². The average Bonchev–Trinajstić information content (AvgIpc) is 2.72. The molecule has 0 saturated carbocycles. The Hall–Kier alpha value is -3.85. The van der Waals surface area contributed by atoms with E-state index in [2.05, 4.69) is 11.4 Å². The van der Waals surface area contributed by atoms with Crippen LogP contribution in [-0.4, -0.2) is 12.5 Å². The number of ether oxygens (including phenoxy) is 2. The fraction of sp³-hybridized carbons (Fsp3) is 0.0909. The molecular formula is C22H17FN2O3. The number of amides is 1. The molecule has 5 nitrogen and oxygen atoms in total. The molecule has 0 aliphatic carbocycles. The van der Waals surface area contributed by atoms with Crippen molar-refractivity contribution in [3.05, 3.63) is 89.7 Å². The number of nitrogens with one attached hydrogen (secondary N) is 1. The van der Waals surface area contributed by atoms with Gasteiger partial charge in [-0.1, -0.05) is 30.3 Å². The number of anilines is 1. The Morgan fingerprint density at radius 1 is 1.00 bits per heavy atom. The Balaban J connectivity index is 1.54. The van der Waals surface area contributed by atoms with Crippen molar-refractivity contribution in [1.82, 2.24) is 0 Å². The van der Waals surface area contributed by atoms with Gasteiger partial charge in [0.1, 0.15) is 12.4 Å². The predicted octanol–water partition coefficient (Wildman–Crippen LogP) is 4.29. The lowest BCUT2D eigenvalue weighted by atomic mass is 10.1. The van der Waals surface area contributed by atoms with E-state index in [1.54, 1.807) is 54.6 Å². The minimum atomic E-state index is -0.522. The summed E-state index contributed by atoms with van der Waals surface area (Å²) >= 11 is 0. The van der Waals surface area contributed by atoms with E-state index in [0.717, 1.165) is 5.56 Å². The molecular weight excluding hydrogens is 359 g/mol. The molecule has 3 aromatic rings. The predicted molar refractivity (Wildman–Crippen MR) is 102 cm³/mol. The number of benzene rings is 3. The van der Waals surface area contributed by atoms with Gasteiger partial charge in [-0.05, 0) is 42.0 Å². The fourth-order valence-corrected chi connectivity index (χ4v) is 2.46. The molecule has 0 atom stereocenters. The van der Waals surface area contributed by atoms with Crippen LogP contribution in [0.15, 0.2) is 72.8 Å². The Kier molecular flexibility index (Phi) is 6.21. The van der Waals surface area contributed by atoms with Crippen LogP contribution in [0.3, 0.4) is 0 Å². The summed E-state index contributed by atoms with van der Waals surface area (Å²) in [7, 11) is 0. The average molecular weight is 376 g/mol. The third kappa shape index (κ3) is 5.32. The standard InChI is InChI=1S/C22H17FN2O3/c23-20-9-1-2-10-21(20)28-15-22(26)25-18-7-4-8-19(12-18)27-14-17-6-3-5-16(11-17)13-24/h1-12H,14-15H2,(H,25,26). The molecule has 1 amide bonds. The molecule has 3 rings (SSSR count). The maximum absolute atomic E-state index is 13.5. The van der Waals surface area contributed by atoms with E-state index in [1.807, 2.05) is 6.07 Å². The van der Waals surface area contributed by atoms with Gasteiger partial charge in [-0.3, -0.25) is 4.79 Å². The summed E-state index contributed by atoms with van der Waals surface area (Å²) in [5, 5.41) is 11.6. The maximum atomic E-state index is 13.5. The third-order valence-corrected chi connectivity index (χ3v) is 3.77. The largest absolute Gasteiger partial charge is 0.489 e. The van der Waals surface area contributed by atoms with Crippen LogP contribution >= 0.6 is 0 Å². The van der Waals surface area contributed by atoms with Gasteiger partial charge in [0.15, 0.2) is 18.2 Å². The van der Waals surface area contributed by atoms with Crippen LogP contribution in [0.4, 0.5) is 10.1 Å². The van der Waals surface area contributed by atoms with Crippen molar-refractivity contribution >= 4 is 11.6 Å². The number of para-hydroxylation sites is 1. The van der Waals surface area contributed by atoms with Crippen LogP contribution in [0.25, 0.3) is 0 Å². The van der Waals surface area contributed by atoms with E-state index in [-0.39, 0.29) is 12.4 Å². The number of carbonyl (C=O) groups excluding carboxylic acids is 1. The van der Waals surface area contributed by atoms with Gasteiger partial charge in [0.25, 0.3) is 5.91 Å². The molecule has 28 heavy (non-hydrogen) atoms. The van der Waals surface area contributed by atoms with Crippen molar-refractivity contribution in [3.63, 3.8) is 0 Å². The lowest BCUT2D eigenvalue weighted by Gasteiger charge is -2.10. The summed E-state index contributed by atoms with van der Waals surface area (Å²) in [6.07, 6.45) is 0. The molecule has 0 radical (unpaired) electrons. The Morgan fingerprint density at radius 3 is 2.64 bits per heavy atom. The second kappa shape index (κ2) is 9.19. The summed E-state index contributed by atoms with van der Waals surface area (Å²) in [5.41, 5.74) is 1.97. The molecule has 0 unspecified atom stereocenters. The topological polar surface area (TPSA) is 71.3 Å². The summed E-state index contributed by atoms with van der Waals surface area (Å²) in [5.74, 6) is -0.349. The molecule has 0 bridgehead atoms. The number of hydrogen-bond acceptors (Lipinski definition) is 4. The zero-order chi connectivity index (χ0) is 19.8. The summed E-state index contributed by atoms with van der Waals surface area (Å²) in [6, 6.07) is 22.0. The second-order valence-electron chi connectivity index (χ2n) is 5.90. The highest BCUT2D eigenvalue weighted by atomic mass is 19.1. The molecule has 6 heteroatoms. The van der Waals surface area contributed by atoms with Gasteiger partial charge in [0.05, 0.1) is 11.6 Å². The number of hydrogen-bond donors (Lipinski definition) is 1. The fourth-order valence-electron chi connectivity index (χ4n) is 2.46. The molecule has 0 aliphatic rings. The smallest absolute Gasteiger partial charge is 0.262 e. The van der Waals surface area contributed by atoms with Crippen molar-refractivity contribution < 1.29 is 18.7 Å². The first-order valence-corrected chi connectivity index (χ1v) is 8.53. The molecule has 0 fully saturated rings. The summed E-state index contributed by atoms with van der Waals surface area (Å²) in [4.78, 5) is 12.0. The van der Waals surface area contributed by atoms with Gasteiger partial charge in [-0.25, -0.2) is 4.39 Å². The lowest BCUT2D eigenvalue weighted by molar-refractivity contribution is -0.118.